The van der Waals surface area contributed by atoms with E-state index in [4.69, 9.17) is 9.97 Å². The van der Waals surface area contributed by atoms with Crippen LogP contribution < -0.4 is 10.9 Å². The number of aliphatic hydroxyl groups excluding tert-OH is 1. The van der Waals surface area contributed by atoms with E-state index in [0.29, 0.717) is 53.7 Å². The molecule has 0 fully saturated rings. The first-order valence-corrected chi connectivity index (χ1v) is 14.4. The molecule has 2 aliphatic carbocycles. The molecular formula is C31H35N7O3. The Morgan fingerprint density at radius 3 is 2.85 bits per heavy atom. The topological polar surface area (TPSA) is 121 Å². The molecule has 0 saturated carbocycles. The predicted octanol–water partition coefficient (Wildman–Crippen LogP) is 3.29. The molecular weight excluding hydrogens is 518 g/mol. The molecule has 3 unspecified atom stereocenters. The summed E-state index contributed by atoms with van der Waals surface area (Å²) in [7, 11) is 2.11. The van der Waals surface area contributed by atoms with Crippen LogP contribution >= 0.6 is 0 Å². The lowest BCUT2D eigenvalue weighted by Crippen LogP contribution is -2.36. The summed E-state index contributed by atoms with van der Waals surface area (Å²) in [6.07, 6.45) is 6.26. The second-order valence-corrected chi connectivity index (χ2v) is 11.8. The van der Waals surface area contributed by atoms with Crippen molar-refractivity contribution >= 4 is 22.7 Å². The van der Waals surface area contributed by atoms with Crippen LogP contribution in [0.15, 0.2) is 47.9 Å². The number of fused-ring (bicyclic) bond motifs is 2. The van der Waals surface area contributed by atoms with E-state index in [9.17, 15) is 15.0 Å². The smallest absolute Gasteiger partial charge is 0.278 e. The number of benzene rings is 1. The molecule has 0 amide bonds. The number of hydrogen-bond acceptors (Lipinski definition) is 8. The number of likely N-dealkylation sites (N-methyl/N-ethyl adjacent to an activating group) is 1. The molecule has 10 heteroatoms. The molecule has 10 nitrogen and oxygen atoms in total. The molecule has 3 aromatic heterocycles. The average molecular weight is 554 g/mol. The third-order valence-corrected chi connectivity index (χ3v) is 8.99. The summed E-state index contributed by atoms with van der Waals surface area (Å²) in [6.45, 7) is 7.87. The van der Waals surface area contributed by atoms with Crippen LogP contribution in [0.25, 0.3) is 16.9 Å². The number of rotatable bonds is 6. The summed E-state index contributed by atoms with van der Waals surface area (Å²) in [4.78, 5) is 29.9. The number of nitrogens with zero attached hydrogens (tertiary/aromatic N) is 6. The molecule has 4 heterocycles. The third-order valence-electron chi connectivity index (χ3n) is 8.99. The summed E-state index contributed by atoms with van der Waals surface area (Å²) in [5.74, 6) is 1.21. The fourth-order valence-electron chi connectivity index (χ4n) is 7.10. The fraction of sp³-hybridized carbons (Fsp3) is 0.419. The molecule has 3 N–H and O–H groups in total. The van der Waals surface area contributed by atoms with Crippen molar-refractivity contribution in [2.24, 2.45) is 0 Å². The normalized spacial score (nSPS) is 23.4. The molecule has 0 spiro atoms. The second-order valence-electron chi connectivity index (χ2n) is 11.8. The Kier molecular flexibility index (Phi) is 6.11. The van der Waals surface area contributed by atoms with Gasteiger partial charge in [-0.05, 0) is 85.5 Å². The predicted molar refractivity (Wildman–Crippen MR) is 157 cm³/mol. The third kappa shape index (κ3) is 4.20. The Hall–Kier alpha value is -3.86. The monoisotopic (exact) mass is 553 g/mol. The lowest BCUT2D eigenvalue weighted by Gasteiger charge is -2.38. The van der Waals surface area contributed by atoms with Crippen molar-refractivity contribution in [1.82, 2.24) is 29.2 Å². The van der Waals surface area contributed by atoms with Crippen molar-refractivity contribution < 1.29 is 10.2 Å². The molecule has 3 aliphatic rings. The Morgan fingerprint density at radius 1 is 1.22 bits per heavy atom. The van der Waals surface area contributed by atoms with Crippen LogP contribution in [-0.2, 0) is 31.5 Å². The van der Waals surface area contributed by atoms with Crippen LogP contribution in [0.1, 0.15) is 60.1 Å². The van der Waals surface area contributed by atoms with Gasteiger partial charge >= 0.3 is 0 Å². The van der Waals surface area contributed by atoms with Gasteiger partial charge < -0.3 is 20.4 Å². The van der Waals surface area contributed by atoms with E-state index in [-0.39, 0.29) is 18.2 Å². The lowest BCUT2D eigenvalue weighted by molar-refractivity contribution is 0.0306. The van der Waals surface area contributed by atoms with Crippen molar-refractivity contribution in [2.75, 3.05) is 18.9 Å². The van der Waals surface area contributed by atoms with Crippen LogP contribution in [0.5, 0.6) is 0 Å². The first kappa shape index (κ1) is 26.1. The summed E-state index contributed by atoms with van der Waals surface area (Å²) in [5.41, 5.74) is 5.56. The Labute approximate surface area is 238 Å². The number of aryl methyl sites for hydroxylation is 1. The van der Waals surface area contributed by atoms with E-state index in [2.05, 4.69) is 41.0 Å². The van der Waals surface area contributed by atoms with Crippen LogP contribution in [0.4, 0.5) is 11.6 Å². The molecule has 1 aliphatic heterocycles. The highest BCUT2D eigenvalue weighted by atomic mass is 16.3. The number of allylic oxidation sites excluding steroid dienone is 1. The second kappa shape index (κ2) is 9.61. The first-order valence-electron chi connectivity index (χ1n) is 14.4. The minimum atomic E-state index is -0.979. The highest BCUT2D eigenvalue weighted by Crippen LogP contribution is 2.41. The minimum Gasteiger partial charge on any atom is -0.393 e. The quantitative estimate of drug-likeness (QED) is 0.311. The largest absolute Gasteiger partial charge is 0.393 e. The van der Waals surface area contributed by atoms with E-state index in [1.807, 2.05) is 19.1 Å². The Bertz CT molecular complexity index is 1720. The maximum Gasteiger partial charge on any atom is 0.278 e. The van der Waals surface area contributed by atoms with Gasteiger partial charge in [0.25, 0.3) is 5.56 Å². The summed E-state index contributed by atoms with van der Waals surface area (Å²) < 4.78 is 3.25. The van der Waals surface area contributed by atoms with Gasteiger partial charge in [-0.25, -0.2) is 19.3 Å². The Balaban J connectivity index is 1.33. The zero-order valence-electron chi connectivity index (χ0n) is 23.5. The molecule has 7 rings (SSSR count). The molecule has 1 aromatic carbocycles. The van der Waals surface area contributed by atoms with E-state index in [0.717, 1.165) is 37.2 Å². The van der Waals surface area contributed by atoms with Gasteiger partial charge in [-0.15, -0.1) is 6.58 Å². The number of anilines is 2. The molecule has 212 valence electrons. The summed E-state index contributed by atoms with van der Waals surface area (Å²) in [6, 6.07) is 8.10. The van der Waals surface area contributed by atoms with Crippen molar-refractivity contribution in [3.05, 3.63) is 81.4 Å². The van der Waals surface area contributed by atoms with E-state index in [1.165, 1.54) is 16.7 Å². The van der Waals surface area contributed by atoms with Gasteiger partial charge in [0, 0.05) is 25.0 Å². The SMILES string of the molecule is C=CCn1c(=O)c2cnc(Nc3cc4c5c(c3)CN(C)CC5CC(O)C4)nc2n1-c1ccc2c(n1)C(O)(CC)CC2. The number of hydrogen-bond donors (Lipinski definition) is 3. The highest BCUT2D eigenvalue weighted by molar-refractivity contribution is 5.77. The molecule has 4 aromatic rings. The van der Waals surface area contributed by atoms with Crippen molar-refractivity contribution in [3.63, 3.8) is 0 Å². The zero-order valence-corrected chi connectivity index (χ0v) is 23.5. The fourth-order valence-corrected chi connectivity index (χ4v) is 7.10. The molecule has 41 heavy (non-hydrogen) atoms. The number of pyridine rings is 1. The number of aliphatic hydroxyl groups is 2. The summed E-state index contributed by atoms with van der Waals surface area (Å²) in [5, 5.41) is 25.5. The summed E-state index contributed by atoms with van der Waals surface area (Å²) >= 11 is 0. The van der Waals surface area contributed by atoms with Gasteiger partial charge in [-0.3, -0.25) is 4.79 Å². The maximum atomic E-state index is 13.4. The average Bonchev–Trinajstić information content (AvgIpc) is 3.42. The maximum absolute atomic E-state index is 13.4. The molecule has 0 saturated heterocycles. The van der Waals surface area contributed by atoms with Gasteiger partial charge in [0.15, 0.2) is 11.5 Å². The number of aromatic nitrogens is 5. The van der Waals surface area contributed by atoms with E-state index < -0.39 is 5.60 Å². The standard InChI is InChI=1S/C31H35N7O3/c1-4-10-37-29(40)24-15-32-30(33-22-11-19-13-23(39)14-21-17-36(3)16-20(12-22)26(19)21)35-28(24)38(37)25-7-6-18-8-9-31(41,5-2)27(18)34-25/h4,6-7,11-12,15,21,23,39,41H,1,5,8-10,13-14,16-17H2,2-3H3,(H,32,33,35). The number of nitrogens with one attached hydrogen (secondary N) is 1. The first-order chi connectivity index (χ1) is 19.8. The van der Waals surface area contributed by atoms with Gasteiger partial charge in [0.05, 0.1) is 18.3 Å². The van der Waals surface area contributed by atoms with Crippen LogP contribution in [0.3, 0.4) is 0 Å². The van der Waals surface area contributed by atoms with Gasteiger partial charge in [0.2, 0.25) is 5.95 Å². The van der Waals surface area contributed by atoms with Crippen molar-refractivity contribution in [2.45, 2.75) is 69.7 Å². The van der Waals surface area contributed by atoms with Crippen molar-refractivity contribution in [3.8, 4) is 5.82 Å². The van der Waals surface area contributed by atoms with Crippen LogP contribution in [0, 0.1) is 0 Å². The zero-order chi connectivity index (χ0) is 28.5. The lowest BCUT2D eigenvalue weighted by atomic mass is 9.76. The molecule has 0 radical (unpaired) electrons. The van der Waals surface area contributed by atoms with Crippen LogP contribution in [-0.4, -0.2) is 59.1 Å². The van der Waals surface area contributed by atoms with Gasteiger partial charge in [0.1, 0.15) is 11.0 Å². The Morgan fingerprint density at radius 2 is 2.05 bits per heavy atom. The minimum absolute atomic E-state index is 0.235. The highest BCUT2D eigenvalue weighted by Gasteiger charge is 2.37. The van der Waals surface area contributed by atoms with E-state index >= 15 is 0 Å². The van der Waals surface area contributed by atoms with Gasteiger partial charge in [-0.2, -0.15) is 4.98 Å². The van der Waals surface area contributed by atoms with Gasteiger partial charge in [-0.1, -0.05) is 19.1 Å². The van der Waals surface area contributed by atoms with Crippen LogP contribution in [0.2, 0.25) is 0 Å². The molecule has 0 bridgehead atoms. The molecule has 3 atom stereocenters. The van der Waals surface area contributed by atoms with Crippen molar-refractivity contribution in [1.29, 1.82) is 0 Å². The van der Waals surface area contributed by atoms with E-state index in [1.54, 1.807) is 21.6 Å².